The first-order chi connectivity index (χ1) is 12.3. The number of amides is 1. The van der Waals surface area contributed by atoms with Gasteiger partial charge in [0.05, 0.1) is 6.20 Å². The monoisotopic (exact) mass is 334 g/mol. The zero-order valence-corrected chi connectivity index (χ0v) is 13.7. The molecule has 0 bridgehead atoms. The van der Waals surface area contributed by atoms with Crippen molar-refractivity contribution in [3.8, 4) is 0 Å². The topological polar surface area (TPSA) is 66.6 Å². The molecule has 4 heterocycles. The molecule has 0 aliphatic carbocycles. The van der Waals surface area contributed by atoms with Gasteiger partial charge < -0.3 is 9.80 Å². The largest absolute Gasteiger partial charge is 0.371 e. The molecule has 126 valence electrons. The van der Waals surface area contributed by atoms with Crippen molar-refractivity contribution in [1.29, 1.82) is 0 Å². The Hall–Kier alpha value is -2.96. The molecule has 2 unspecified atom stereocenters. The highest BCUT2D eigenvalue weighted by Crippen LogP contribution is 2.34. The number of hydrogen-bond donors (Lipinski definition) is 0. The van der Waals surface area contributed by atoms with E-state index in [1.165, 1.54) is 5.69 Å². The lowest BCUT2D eigenvalue weighted by Gasteiger charge is -2.23. The molecule has 5 rings (SSSR count). The summed E-state index contributed by atoms with van der Waals surface area (Å²) < 4.78 is 1.73. The number of carbonyl (C=O) groups is 1. The number of para-hydroxylation sites is 1. The SMILES string of the molecule is O=C(c1cn2cnnc2cn1)N1CC2CN(c3ccccc3)CC2C1. The van der Waals surface area contributed by atoms with Crippen LogP contribution in [0.2, 0.25) is 0 Å². The van der Waals surface area contributed by atoms with Crippen LogP contribution in [0.4, 0.5) is 5.69 Å². The quantitative estimate of drug-likeness (QED) is 0.707. The Bertz CT molecular complexity index is 909. The van der Waals surface area contributed by atoms with Crippen molar-refractivity contribution in [2.45, 2.75) is 0 Å². The van der Waals surface area contributed by atoms with Gasteiger partial charge in [-0.1, -0.05) is 18.2 Å². The Morgan fingerprint density at radius 2 is 1.80 bits per heavy atom. The number of rotatable bonds is 2. The highest BCUT2D eigenvalue weighted by molar-refractivity contribution is 5.92. The van der Waals surface area contributed by atoms with Crippen LogP contribution in [0, 0.1) is 11.8 Å². The number of carbonyl (C=O) groups excluding carboxylic acids is 1. The number of fused-ring (bicyclic) bond motifs is 2. The second-order valence-electron chi connectivity index (χ2n) is 6.84. The van der Waals surface area contributed by atoms with E-state index in [0.29, 0.717) is 23.2 Å². The first-order valence-electron chi connectivity index (χ1n) is 8.52. The molecule has 3 aromatic rings. The Morgan fingerprint density at radius 3 is 2.56 bits per heavy atom. The zero-order valence-electron chi connectivity index (χ0n) is 13.7. The zero-order chi connectivity index (χ0) is 16.8. The van der Waals surface area contributed by atoms with Gasteiger partial charge in [-0.3, -0.25) is 9.20 Å². The van der Waals surface area contributed by atoms with E-state index in [4.69, 9.17) is 0 Å². The first-order valence-corrected chi connectivity index (χ1v) is 8.52. The van der Waals surface area contributed by atoms with Crippen molar-refractivity contribution in [3.63, 3.8) is 0 Å². The molecular formula is C18H18N6O. The smallest absolute Gasteiger partial charge is 0.274 e. The minimum atomic E-state index is -0.00346. The molecule has 2 aromatic heterocycles. The summed E-state index contributed by atoms with van der Waals surface area (Å²) in [7, 11) is 0. The second kappa shape index (κ2) is 5.54. The minimum Gasteiger partial charge on any atom is -0.371 e. The van der Waals surface area contributed by atoms with Crippen molar-refractivity contribution in [2.75, 3.05) is 31.1 Å². The Morgan fingerprint density at radius 1 is 1.04 bits per heavy atom. The number of nitrogens with zero attached hydrogens (tertiary/aromatic N) is 6. The molecule has 2 atom stereocenters. The molecule has 1 aromatic carbocycles. The van der Waals surface area contributed by atoms with E-state index in [1.54, 1.807) is 23.1 Å². The van der Waals surface area contributed by atoms with E-state index >= 15 is 0 Å². The molecule has 0 N–H and O–H groups in total. The number of anilines is 1. The third-order valence-corrected chi connectivity index (χ3v) is 5.30. The molecule has 1 amide bonds. The average Bonchev–Trinajstić information content (AvgIpc) is 3.35. The van der Waals surface area contributed by atoms with Gasteiger partial charge in [-0.2, -0.15) is 0 Å². The van der Waals surface area contributed by atoms with Crippen LogP contribution in [0.5, 0.6) is 0 Å². The van der Waals surface area contributed by atoms with Crippen LogP contribution in [0.15, 0.2) is 49.1 Å². The molecule has 25 heavy (non-hydrogen) atoms. The van der Waals surface area contributed by atoms with Gasteiger partial charge in [0.2, 0.25) is 0 Å². The molecule has 7 nitrogen and oxygen atoms in total. The Kier molecular flexibility index (Phi) is 3.19. The predicted molar refractivity (Wildman–Crippen MR) is 92.3 cm³/mol. The lowest BCUT2D eigenvalue weighted by molar-refractivity contribution is 0.0776. The Balaban J connectivity index is 1.30. The molecule has 2 aliphatic heterocycles. The summed E-state index contributed by atoms with van der Waals surface area (Å²) >= 11 is 0. The molecule has 2 saturated heterocycles. The van der Waals surface area contributed by atoms with E-state index < -0.39 is 0 Å². The summed E-state index contributed by atoms with van der Waals surface area (Å²) in [4.78, 5) is 21.4. The molecule has 2 fully saturated rings. The van der Waals surface area contributed by atoms with E-state index in [-0.39, 0.29) is 5.91 Å². The van der Waals surface area contributed by atoms with E-state index in [9.17, 15) is 4.79 Å². The van der Waals surface area contributed by atoms with Crippen molar-refractivity contribution in [2.24, 2.45) is 11.8 Å². The van der Waals surface area contributed by atoms with Gasteiger partial charge in [-0.25, -0.2) is 4.98 Å². The van der Waals surface area contributed by atoms with Gasteiger partial charge in [0.25, 0.3) is 5.91 Å². The van der Waals surface area contributed by atoms with Crippen LogP contribution < -0.4 is 4.90 Å². The van der Waals surface area contributed by atoms with Crippen LogP contribution >= 0.6 is 0 Å². The highest BCUT2D eigenvalue weighted by Gasteiger charge is 2.42. The van der Waals surface area contributed by atoms with Crippen LogP contribution in [0.25, 0.3) is 5.65 Å². The Labute approximate surface area is 144 Å². The summed E-state index contributed by atoms with van der Waals surface area (Å²) in [5, 5.41) is 7.75. The maximum atomic E-state index is 12.8. The molecule has 7 heteroatoms. The molecule has 0 saturated carbocycles. The normalized spacial score (nSPS) is 22.6. The van der Waals surface area contributed by atoms with Crippen LogP contribution in [0.1, 0.15) is 10.5 Å². The second-order valence-corrected chi connectivity index (χ2v) is 6.84. The minimum absolute atomic E-state index is 0.00346. The molecular weight excluding hydrogens is 316 g/mol. The van der Waals surface area contributed by atoms with Crippen molar-refractivity contribution >= 4 is 17.2 Å². The van der Waals surface area contributed by atoms with Gasteiger partial charge in [-0.05, 0) is 12.1 Å². The number of likely N-dealkylation sites (tertiary alicyclic amines) is 1. The molecule has 0 radical (unpaired) electrons. The van der Waals surface area contributed by atoms with E-state index in [2.05, 4.69) is 44.3 Å². The van der Waals surface area contributed by atoms with E-state index in [0.717, 1.165) is 26.2 Å². The van der Waals surface area contributed by atoms with Gasteiger partial charge >= 0.3 is 0 Å². The highest BCUT2D eigenvalue weighted by atomic mass is 16.2. The van der Waals surface area contributed by atoms with Crippen LogP contribution in [-0.2, 0) is 0 Å². The number of benzene rings is 1. The first kappa shape index (κ1) is 14.4. The van der Waals surface area contributed by atoms with Crippen molar-refractivity contribution < 1.29 is 4.79 Å². The fourth-order valence-corrected chi connectivity index (χ4v) is 4.02. The van der Waals surface area contributed by atoms with Gasteiger partial charge in [0, 0.05) is 49.9 Å². The summed E-state index contributed by atoms with van der Waals surface area (Å²) in [6.45, 7) is 3.62. The standard InChI is InChI=1S/C18H18N6O/c25-18(16-11-24-12-20-21-17(24)6-19-16)23-9-13-7-22(8-14(13)10-23)15-4-2-1-3-5-15/h1-6,11-14H,7-10H2. The summed E-state index contributed by atoms with van der Waals surface area (Å²) in [5.41, 5.74) is 2.37. The van der Waals surface area contributed by atoms with Gasteiger partial charge in [0.1, 0.15) is 12.0 Å². The third kappa shape index (κ3) is 2.43. The number of aromatic nitrogens is 4. The summed E-state index contributed by atoms with van der Waals surface area (Å²) in [5.74, 6) is 1.06. The van der Waals surface area contributed by atoms with Crippen molar-refractivity contribution in [3.05, 3.63) is 54.7 Å². The lowest BCUT2D eigenvalue weighted by atomic mass is 10.0. The van der Waals surface area contributed by atoms with Crippen molar-refractivity contribution in [1.82, 2.24) is 24.5 Å². The maximum absolute atomic E-state index is 12.8. The summed E-state index contributed by atoms with van der Waals surface area (Å²) in [6.07, 6.45) is 4.89. The van der Waals surface area contributed by atoms with Gasteiger partial charge in [-0.15, -0.1) is 10.2 Å². The molecule has 2 aliphatic rings. The lowest BCUT2D eigenvalue weighted by Crippen LogP contribution is -2.33. The van der Waals surface area contributed by atoms with Crippen LogP contribution in [-0.4, -0.2) is 56.6 Å². The summed E-state index contributed by atoms with van der Waals surface area (Å²) in [6, 6.07) is 10.5. The average molecular weight is 334 g/mol. The predicted octanol–water partition coefficient (Wildman–Crippen LogP) is 1.33. The van der Waals surface area contributed by atoms with E-state index in [1.807, 2.05) is 11.0 Å². The molecule has 0 spiro atoms. The fourth-order valence-electron chi connectivity index (χ4n) is 4.02. The van der Waals surface area contributed by atoms with Gasteiger partial charge in [0.15, 0.2) is 5.65 Å². The maximum Gasteiger partial charge on any atom is 0.274 e. The van der Waals surface area contributed by atoms with Crippen LogP contribution in [0.3, 0.4) is 0 Å². The third-order valence-electron chi connectivity index (χ3n) is 5.30. The fraction of sp³-hybridized carbons (Fsp3) is 0.333. The number of hydrogen-bond acceptors (Lipinski definition) is 5.